The third-order valence-electron chi connectivity index (χ3n) is 2.41. The first-order valence-electron chi connectivity index (χ1n) is 5.46. The molecule has 0 unspecified atom stereocenters. The van der Waals surface area contributed by atoms with Gasteiger partial charge < -0.3 is 10.1 Å². The zero-order chi connectivity index (χ0) is 13.7. The highest BCUT2D eigenvalue weighted by Gasteiger charge is 2.26. The Labute approximate surface area is 104 Å². The van der Waals surface area contributed by atoms with Gasteiger partial charge in [-0.15, -0.1) is 0 Å². The summed E-state index contributed by atoms with van der Waals surface area (Å²) in [6.07, 6.45) is 1.24. The molecule has 0 radical (unpaired) electrons. The quantitative estimate of drug-likeness (QED) is 0.646. The van der Waals surface area contributed by atoms with Gasteiger partial charge in [0.15, 0.2) is 0 Å². The number of hydrogen-bond donors (Lipinski definition) is 1. The molecule has 1 rings (SSSR count). The number of esters is 1. The molecular weight excluding hydrogens is 239 g/mol. The van der Waals surface area contributed by atoms with Gasteiger partial charge in [-0.2, -0.15) is 4.39 Å². The summed E-state index contributed by atoms with van der Waals surface area (Å²) < 4.78 is 17.9. The van der Waals surface area contributed by atoms with Gasteiger partial charge in [0, 0.05) is 6.20 Å². The molecule has 98 valence electrons. The smallest absolute Gasteiger partial charge is 0.328 e. The summed E-state index contributed by atoms with van der Waals surface area (Å²) in [4.78, 5) is 26.6. The number of carbonyl (C=O) groups excluding carboxylic acids is 2. The predicted molar refractivity (Wildman–Crippen MR) is 62.3 cm³/mol. The molecule has 18 heavy (non-hydrogen) atoms. The normalized spacial score (nSPS) is 12.1. The van der Waals surface area contributed by atoms with Crippen molar-refractivity contribution in [2.45, 2.75) is 19.9 Å². The van der Waals surface area contributed by atoms with Crippen LogP contribution in [0.1, 0.15) is 24.2 Å². The lowest BCUT2D eigenvalue weighted by molar-refractivity contribution is -0.144. The van der Waals surface area contributed by atoms with Crippen LogP contribution in [-0.2, 0) is 9.53 Å². The fourth-order valence-corrected chi connectivity index (χ4v) is 1.40. The van der Waals surface area contributed by atoms with E-state index in [0.717, 1.165) is 0 Å². The van der Waals surface area contributed by atoms with Gasteiger partial charge in [-0.1, -0.05) is 13.8 Å². The van der Waals surface area contributed by atoms with Crippen molar-refractivity contribution in [2.24, 2.45) is 5.92 Å². The SMILES string of the molecule is COC(=O)[C@@H](NC(=O)c1cccnc1F)C(C)C. The molecule has 0 saturated heterocycles. The number of amides is 1. The van der Waals surface area contributed by atoms with Crippen molar-refractivity contribution in [1.29, 1.82) is 0 Å². The summed E-state index contributed by atoms with van der Waals surface area (Å²) in [5, 5.41) is 2.43. The molecule has 1 aromatic heterocycles. The van der Waals surface area contributed by atoms with Gasteiger partial charge in [0.25, 0.3) is 5.91 Å². The van der Waals surface area contributed by atoms with Crippen LogP contribution in [0.15, 0.2) is 18.3 Å². The van der Waals surface area contributed by atoms with Crippen molar-refractivity contribution in [3.63, 3.8) is 0 Å². The van der Waals surface area contributed by atoms with Crippen molar-refractivity contribution >= 4 is 11.9 Å². The van der Waals surface area contributed by atoms with Crippen LogP contribution in [0, 0.1) is 11.9 Å². The highest BCUT2D eigenvalue weighted by molar-refractivity contribution is 5.96. The van der Waals surface area contributed by atoms with Crippen molar-refractivity contribution in [3.8, 4) is 0 Å². The average Bonchev–Trinajstić information content (AvgIpc) is 2.35. The third-order valence-corrected chi connectivity index (χ3v) is 2.41. The Balaban J connectivity index is 2.86. The highest BCUT2D eigenvalue weighted by Crippen LogP contribution is 2.07. The van der Waals surface area contributed by atoms with Crippen LogP contribution in [0.5, 0.6) is 0 Å². The molecule has 0 spiro atoms. The Kier molecular flexibility index (Phi) is 4.76. The monoisotopic (exact) mass is 254 g/mol. The standard InChI is InChI=1S/C12H15FN2O3/c1-7(2)9(12(17)18-3)15-11(16)8-5-4-6-14-10(8)13/h4-7,9H,1-3H3,(H,15,16)/t9-/m0/s1. The minimum Gasteiger partial charge on any atom is -0.467 e. The van der Waals surface area contributed by atoms with Crippen LogP contribution in [0.2, 0.25) is 0 Å². The molecule has 1 heterocycles. The Morgan fingerprint density at radius 1 is 1.44 bits per heavy atom. The molecule has 0 bridgehead atoms. The van der Waals surface area contributed by atoms with Crippen molar-refractivity contribution < 1.29 is 18.7 Å². The summed E-state index contributed by atoms with van der Waals surface area (Å²) >= 11 is 0. The second-order valence-corrected chi connectivity index (χ2v) is 4.06. The average molecular weight is 254 g/mol. The van der Waals surface area contributed by atoms with E-state index in [1.165, 1.54) is 25.4 Å². The molecule has 0 aliphatic heterocycles. The van der Waals surface area contributed by atoms with E-state index in [2.05, 4.69) is 15.0 Å². The molecule has 1 aromatic rings. The minimum absolute atomic E-state index is 0.166. The van der Waals surface area contributed by atoms with E-state index in [1.807, 2.05) is 0 Å². The Morgan fingerprint density at radius 2 is 2.11 bits per heavy atom. The largest absolute Gasteiger partial charge is 0.467 e. The molecule has 1 N–H and O–H groups in total. The molecular formula is C12H15FN2O3. The number of hydrogen-bond acceptors (Lipinski definition) is 4. The van der Waals surface area contributed by atoms with Crippen molar-refractivity contribution in [1.82, 2.24) is 10.3 Å². The molecule has 6 heteroatoms. The predicted octanol–water partition coefficient (Wildman–Crippen LogP) is 1.15. The van der Waals surface area contributed by atoms with Gasteiger partial charge >= 0.3 is 5.97 Å². The summed E-state index contributed by atoms with van der Waals surface area (Å²) in [6, 6.07) is 1.93. The molecule has 0 aliphatic rings. The van der Waals surface area contributed by atoms with E-state index >= 15 is 0 Å². The van der Waals surface area contributed by atoms with Crippen molar-refractivity contribution in [2.75, 3.05) is 7.11 Å². The van der Waals surface area contributed by atoms with Gasteiger partial charge in [0.2, 0.25) is 5.95 Å². The van der Waals surface area contributed by atoms with Gasteiger partial charge in [-0.25, -0.2) is 9.78 Å². The van der Waals surface area contributed by atoms with Crippen molar-refractivity contribution in [3.05, 3.63) is 29.8 Å². The van der Waals surface area contributed by atoms with E-state index in [0.29, 0.717) is 0 Å². The lowest BCUT2D eigenvalue weighted by Gasteiger charge is -2.19. The number of carbonyl (C=O) groups is 2. The molecule has 1 atom stereocenters. The van der Waals surface area contributed by atoms with Crippen LogP contribution >= 0.6 is 0 Å². The van der Waals surface area contributed by atoms with Crippen LogP contribution in [0.3, 0.4) is 0 Å². The lowest BCUT2D eigenvalue weighted by atomic mass is 10.0. The van der Waals surface area contributed by atoms with Gasteiger partial charge in [0.1, 0.15) is 6.04 Å². The Morgan fingerprint density at radius 3 is 2.61 bits per heavy atom. The highest BCUT2D eigenvalue weighted by atomic mass is 19.1. The van der Waals surface area contributed by atoms with Crippen LogP contribution in [0.25, 0.3) is 0 Å². The number of nitrogens with one attached hydrogen (secondary N) is 1. The number of aromatic nitrogens is 1. The van der Waals surface area contributed by atoms with Gasteiger partial charge in [0.05, 0.1) is 12.7 Å². The zero-order valence-corrected chi connectivity index (χ0v) is 10.4. The van der Waals surface area contributed by atoms with E-state index in [9.17, 15) is 14.0 Å². The Hall–Kier alpha value is -1.98. The number of pyridine rings is 1. The maximum absolute atomic E-state index is 13.3. The fraction of sp³-hybridized carbons (Fsp3) is 0.417. The third kappa shape index (κ3) is 3.26. The van der Waals surface area contributed by atoms with Crippen LogP contribution < -0.4 is 5.32 Å². The molecule has 1 amide bonds. The molecule has 0 saturated carbocycles. The number of halogens is 1. The van der Waals surface area contributed by atoms with E-state index in [1.54, 1.807) is 13.8 Å². The molecule has 5 nitrogen and oxygen atoms in total. The van der Waals surface area contributed by atoms with E-state index in [-0.39, 0.29) is 11.5 Å². The van der Waals surface area contributed by atoms with E-state index < -0.39 is 23.9 Å². The first kappa shape index (κ1) is 14.1. The molecule has 0 aliphatic carbocycles. The number of ether oxygens (including phenoxy) is 1. The molecule has 0 aromatic carbocycles. The van der Waals surface area contributed by atoms with Crippen LogP contribution in [-0.4, -0.2) is 30.0 Å². The topological polar surface area (TPSA) is 68.3 Å². The number of nitrogens with zero attached hydrogens (tertiary/aromatic N) is 1. The Bertz CT molecular complexity index is 449. The first-order chi connectivity index (χ1) is 8.47. The maximum Gasteiger partial charge on any atom is 0.328 e. The maximum atomic E-state index is 13.3. The summed E-state index contributed by atoms with van der Waals surface area (Å²) in [5.74, 6) is -2.30. The lowest BCUT2D eigenvalue weighted by Crippen LogP contribution is -2.45. The number of rotatable bonds is 4. The van der Waals surface area contributed by atoms with Gasteiger partial charge in [-0.3, -0.25) is 4.79 Å². The fourth-order valence-electron chi connectivity index (χ4n) is 1.40. The number of methoxy groups -OCH3 is 1. The van der Waals surface area contributed by atoms with E-state index in [4.69, 9.17) is 0 Å². The zero-order valence-electron chi connectivity index (χ0n) is 10.4. The first-order valence-corrected chi connectivity index (χ1v) is 5.46. The minimum atomic E-state index is -0.873. The second-order valence-electron chi connectivity index (χ2n) is 4.06. The summed E-state index contributed by atoms with van der Waals surface area (Å²) in [6.45, 7) is 3.50. The van der Waals surface area contributed by atoms with Crippen LogP contribution in [0.4, 0.5) is 4.39 Å². The second kappa shape index (κ2) is 6.09. The summed E-state index contributed by atoms with van der Waals surface area (Å²) in [7, 11) is 1.23. The molecule has 0 fully saturated rings. The van der Waals surface area contributed by atoms with Gasteiger partial charge in [-0.05, 0) is 18.1 Å². The summed E-state index contributed by atoms with van der Waals surface area (Å²) in [5.41, 5.74) is -0.202.